The molecule has 1 aromatic heterocycles. The smallest absolute Gasteiger partial charge is 0.285 e. The Morgan fingerprint density at radius 3 is 2.72 bits per heavy atom. The third-order valence-corrected chi connectivity index (χ3v) is 8.01. The van der Waals surface area contributed by atoms with E-state index in [0.29, 0.717) is 21.4 Å². The van der Waals surface area contributed by atoms with Gasteiger partial charge < -0.3 is 0 Å². The minimum Gasteiger partial charge on any atom is -0.285 e. The number of para-hydroxylation sites is 1. The van der Waals surface area contributed by atoms with Gasteiger partial charge in [0.1, 0.15) is 5.71 Å². The van der Waals surface area contributed by atoms with Crippen molar-refractivity contribution in [3.8, 4) is 0 Å². The summed E-state index contributed by atoms with van der Waals surface area (Å²) >= 11 is 17.8. The number of hydrazine groups is 1. The van der Waals surface area contributed by atoms with Crippen LogP contribution in [0.5, 0.6) is 0 Å². The number of rotatable bonds is 4. The molecule has 0 spiro atoms. The lowest BCUT2D eigenvalue weighted by atomic mass is 9.95. The number of hydrogen-bond acceptors (Lipinski definition) is 5. The van der Waals surface area contributed by atoms with E-state index in [1.165, 1.54) is 5.56 Å². The predicted octanol–water partition coefficient (Wildman–Crippen LogP) is 6.46. The van der Waals surface area contributed by atoms with Gasteiger partial charge in [0.25, 0.3) is 5.91 Å². The van der Waals surface area contributed by atoms with Crippen LogP contribution in [0.2, 0.25) is 10.0 Å². The Morgan fingerprint density at radius 1 is 1.16 bits per heavy atom. The van der Waals surface area contributed by atoms with E-state index >= 15 is 0 Å². The fourth-order valence-electron chi connectivity index (χ4n) is 4.24. The Morgan fingerprint density at radius 2 is 1.97 bits per heavy atom. The van der Waals surface area contributed by atoms with E-state index in [-0.39, 0.29) is 17.9 Å². The second kappa shape index (κ2) is 8.71. The SMILES string of the molecule is C[C@H]1C(C(=O)NN2CCc3ccccc32)=NN(c2ccc(Cl)cc2Cl)[C@@H]1c1ccc(Br)s1. The molecule has 0 saturated carbocycles. The lowest BCUT2D eigenvalue weighted by molar-refractivity contribution is -0.115. The van der Waals surface area contributed by atoms with Gasteiger partial charge in [0.2, 0.25) is 0 Å². The fourth-order valence-corrected chi connectivity index (χ4v) is 6.35. The van der Waals surface area contributed by atoms with E-state index in [1.54, 1.807) is 23.5 Å². The molecule has 0 fully saturated rings. The molecular formula is C23H19BrCl2N4OS. The zero-order valence-electron chi connectivity index (χ0n) is 17.1. The number of fused-ring (bicyclic) bond motifs is 1. The Balaban J connectivity index is 1.48. The number of halogens is 3. The average molecular weight is 550 g/mol. The number of anilines is 2. The van der Waals surface area contributed by atoms with Gasteiger partial charge in [-0.1, -0.05) is 48.3 Å². The summed E-state index contributed by atoms with van der Waals surface area (Å²) in [6, 6.07) is 17.3. The first kappa shape index (κ1) is 21.8. The molecule has 1 amide bonds. The van der Waals surface area contributed by atoms with E-state index in [1.807, 2.05) is 47.3 Å². The number of thiophene rings is 1. The molecule has 2 aliphatic heterocycles. The average Bonchev–Trinajstić information content (AvgIpc) is 3.45. The summed E-state index contributed by atoms with van der Waals surface area (Å²) in [6.07, 6.45) is 0.900. The summed E-state index contributed by atoms with van der Waals surface area (Å²) < 4.78 is 1.02. The lowest BCUT2D eigenvalue weighted by Gasteiger charge is -2.26. The quantitative estimate of drug-likeness (QED) is 0.406. The number of carbonyl (C=O) groups excluding carboxylic acids is 1. The molecule has 9 heteroatoms. The molecule has 0 aliphatic carbocycles. The summed E-state index contributed by atoms with van der Waals surface area (Å²) in [4.78, 5) is 14.4. The van der Waals surface area contributed by atoms with Crippen LogP contribution in [0.25, 0.3) is 0 Å². The van der Waals surface area contributed by atoms with E-state index in [4.69, 9.17) is 28.3 Å². The largest absolute Gasteiger partial charge is 0.286 e. The molecule has 2 aliphatic rings. The first-order valence-corrected chi connectivity index (χ1v) is 12.5. The van der Waals surface area contributed by atoms with Crippen molar-refractivity contribution < 1.29 is 4.79 Å². The van der Waals surface area contributed by atoms with Gasteiger partial charge >= 0.3 is 0 Å². The van der Waals surface area contributed by atoms with Crippen molar-refractivity contribution in [3.63, 3.8) is 0 Å². The van der Waals surface area contributed by atoms with Crippen molar-refractivity contribution >= 4 is 73.5 Å². The second-order valence-electron chi connectivity index (χ2n) is 7.77. The zero-order chi connectivity index (χ0) is 22.4. The van der Waals surface area contributed by atoms with Crippen LogP contribution in [0.4, 0.5) is 11.4 Å². The van der Waals surface area contributed by atoms with Gasteiger partial charge in [-0.2, -0.15) is 5.10 Å². The Bertz CT molecular complexity index is 1230. The normalized spacial score (nSPS) is 19.8. The lowest BCUT2D eigenvalue weighted by Crippen LogP contribution is -2.45. The molecule has 164 valence electrons. The minimum absolute atomic E-state index is 0.148. The Labute approximate surface area is 208 Å². The standard InChI is InChI=1S/C23H19BrCl2N4OS/c1-13-21(23(31)28-29-11-10-14-4-2-3-5-17(14)29)27-30(18-7-6-15(25)12-16(18)26)22(13)19-8-9-20(24)32-19/h2-9,12-13,22H,10-11H2,1H3,(H,28,31)/t13-,22-/m0/s1. The van der Waals surface area contributed by atoms with Gasteiger partial charge in [-0.15, -0.1) is 11.3 Å². The van der Waals surface area contributed by atoms with Crippen molar-refractivity contribution in [1.29, 1.82) is 0 Å². The molecule has 3 heterocycles. The molecule has 0 bridgehead atoms. The number of hydrazone groups is 1. The summed E-state index contributed by atoms with van der Waals surface area (Å²) in [7, 11) is 0. The Hall–Kier alpha value is -2.06. The highest BCUT2D eigenvalue weighted by Gasteiger charge is 2.41. The monoisotopic (exact) mass is 548 g/mol. The van der Waals surface area contributed by atoms with Crippen molar-refractivity contribution in [3.05, 3.63) is 78.9 Å². The van der Waals surface area contributed by atoms with Gasteiger partial charge in [-0.05, 0) is 64.3 Å². The van der Waals surface area contributed by atoms with E-state index in [0.717, 1.165) is 27.3 Å². The fraction of sp³-hybridized carbons (Fsp3) is 0.217. The van der Waals surface area contributed by atoms with Crippen LogP contribution in [-0.4, -0.2) is 18.2 Å². The molecule has 1 N–H and O–H groups in total. The number of hydrogen-bond donors (Lipinski definition) is 1. The van der Waals surface area contributed by atoms with E-state index < -0.39 is 0 Å². The first-order chi connectivity index (χ1) is 15.4. The summed E-state index contributed by atoms with van der Waals surface area (Å²) in [6.45, 7) is 2.76. The minimum atomic E-state index is -0.206. The number of nitrogens with one attached hydrogen (secondary N) is 1. The molecule has 3 aromatic rings. The molecule has 2 atom stereocenters. The van der Waals surface area contributed by atoms with Crippen molar-refractivity contribution in [2.75, 3.05) is 16.6 Å². The number of nitrogens with zero attached hydrogens (tertiary/aromatic N) is 3. The maximum atomic E-state index is 13.3. The van der Waals surface area contributed by atoms with Gasteiger partial charge in [0, 0.05) is 22.4 Å². The highest BCUT2D eigenvalue weighted by Crippen LogP contribution is 2.45. The van der Waals surface area contributed by atoms with Crippen LogP contribution < -0.4 is 15.4 Å². The molecule has 0 radical (unpaired) electrons. The summed E-state index contributed by atoms with van der Waals surface area (Å²) in [5, 5.41) is 9.56. The van der Waals surface area contributed by atoms with Crippen LogP contribution in [0.3, 0.4) is 0 Å². The van der Waals surface area contributed by atoms with Crippen LogP contribution in [0.1, 0.15) is 23.4 Å². The van der Waals surface area contributed by atoms with Crippen molar-refractivity contribution in [2.24, 2.45) is 11.0 Å². The molecule has 0 unspecified atom stereocenters. The van der Waals surface area contributed by atoms with Crippen LogP contribution in [0.15, 0.2) is 63.5 Å². The Kier molecular flexibility index (Phi) is 5.92. The third-order valence-electron chi connectivity index (χ3n) is 5.78. The van der Waals surface area contributed by atoms with E-state index in [9.17, 15) is 4.79 Å². The topological polar surface area (TPSA) is 47.9 Å². The highest BCUT2D eigenvalue weighted by molar-refractivity contribution is 9.11. The van der Waals surface area contributed by atoms with Crippen LogP contribution >= 0.6 is 50.5 Å². The number of carbonyl (C=O) groups is 1. The van der Waals surface area contributed by atoms with Crippen molar-refractivity contribution in [1.82, 2.24) is 5.43 Å². The summed E-state index contributed by atoms with van der Waals surface area (Å²) in [5.74, 6) is -0.354. The van der Waals surface area contributed by atoms with Gasteiger partial charge in [0.15, 0.2) is 0 Å². The zero-order valence-corrected chi connectivity index (χ0v) is 21.0. The maximum absolute atomic E-state index is 13.3. The predicted molar refractivity (Wildman–Crippen MR) is 136 cm³/mol. The van der Waals surface area contributed by atoms with E-state index in [2.05, 4.69) is 33.5 Å². The number of benzene rings is 2. The molecule has 0 saturated heterocycles. The van der Waals surface area contributed by atoms with Gasteiger partial charge in [-0.3, -0.25) is 20.2 Å². The summed E-state index contributed by atoms with van der Waals surface area (Å²) in [5.41, 5.74) is 6.50. The molecule has 5 nitrogen and oxygen atoms in total. The van der Waals surface area contributed by atoms with Gasteiger partial charge in [-0.25, -0.2) is 0 Å². The van der Waals surface area contributed by atoms with Gasteiger partial charge in [0.05, 0.1) is 26.2 Å². The maximum Gasteiger partial charge on any atom is 0.286 e. The third kappa shape index (κ3) is 3.92. The number of amides is 1. The molecule has 2 aromatic carbocycles. The molecular weight excluding hydrogens is 531 g/mol. The first-order valence-electron chi connectivity index (χ1n) is 10.2. The van der Waals surface area contributed by atoms with Crippen LogP contribution in [0, 0.1) is 5.92 Å². The molecule has 5 rings (SSSR count). The van der Waals surface area contributed by atoms with Crippen molar-refractivity contribution in [2.45, 2.75) is 19.4 Å². The van der Waals surface area contributed by atoms with Crippen LogP contribution in [-0.2, 0) is 11.2 Å². The highest BCUT2D eigenvalue weighted by atomic mass is 79.9. The molecule has 32 heavy (non-hydrogen) atoms. The second-order valence-corrected chi connectivity index (χ2v) is 11.1.